The summed E-state index contributed by atoms with van der Waals surface area (Å²) in [6, 6.07) is 0. The minimum atomic E-state index is -0.724. The van der Waals surface area contributed by atoms with Gasteiger partial charge in [-0.1, -0.05) is 32.6 Å². The van der Waals surface area contributed by atoms with Gasteiger partial charge in [-0.3, -0.25) is 30.5 Å². The first-order valence-corrected chi connectivity index (χ1v) is 10.4. The van der Waals surface area contributed by atoms with Gasteiger partial charge in [0.15, 0.2) is 11.6 Å². The fourth-order valence-corrected chi connectivity index (χ4v) is 3.91. The molecule has 0 aromatic carbocycles. The van der Waals surface area contributed by atoms with Crippen LogP contribution in [0.2, 0.25) is 0 Å². The van der Waals surface area contributed by atoms with Gasteiger partial charge in [0.1, 0.15) is 5.82 Å². The molecule has 0 radical (unpaired) electrons. The Kier molecular flexibility index (Phi) is 7.75. The van der Waals surface area contributed by atoms with Crippen molar-refractivity contribution in [3.05, 3.63) is 11.6 Å². The summed E-state index contributed by atoms with van der Waals surface area (Å²) in [6.07, 6.45) is 6.31. The Morgan fingerprint density at radius 1 is 1.40 bits per heavy atom. The van der Waals surface area contributed by atoms with Crippen LogP contribution in [-0.2, 0) is 20.8 Å². The van der Waals surface area contributed by atoms with Crippen molar-refractivity contribution in [1.29, 1.82) is 0 Å². The molecule has 0 spiro atoms. The van der Waals surface area contributed by atoms with Crippen LogP contribution in [0, 0.1) is 17.7 Å². The van der Waals surface area contributed by atoms with E-state index in [0.29, 0.717) is 42.8 Å². The molecule has 3 rings (SSSR count). The zero-order valence-corrected chi connectivity index (χ0v) is 17.1. The van der Waals surface area contributed by atoms with Gasteiger partial charge in [0, 0.05) is 13.0 Å². The standard InChI is InChI=1S/C19H29FN6O4/c1-2-15-21-17(16(20)18(22-15)26-8-5-9-30-26)23-24-19(28)14(11-25(29)12-27)10-13-6-3-4-7-13/h12-14,29H,2-11H2,1H3,(H,24,28)(H,21,22,23). The van der Waals surface area contributed by atoms with Crippen LogP contribution >= 0.6 is 0 Å². The minimum absolute atomic E-state index is 0.0288. The number of nitrogens with one attached hydrogen (secondary N) is 2. The molecular weight excluding hydrogens is 395 g/mol. The molecule has 3 N–H and O–H groups in total. The number of aryl methyl sites for hydroxylation is 1. The molecule has 1 unspecified atom stereocenters. The monoisotopic (exact) mass is 424 g/mol. The number of carbonyl (C=O) groups is 2. The number of anilines is 2. The van der Waals surface area contributed by atoms with Crippen molar-refractivity contribution >= 4 is 24.0 Å². The molecule has 30 heavy (non-hydrogen) atoms. The Bertz CT molecular complexity index is 740. The fraction of sp³-hybridized carbons (Fsp3) is 0.684. The molecule has 2 heterocycles. The van der Waals surface area contributed by atoms with Crippen LogP contribution in [0.5, 0.6) is 0 Å². The molecule has 2 fully saturated rings. The molecule has 1 saturated carbocycles. The Labute approximate surface area is 174 Å². The van der Waals surface area contributed by atoms with E-state index in [-0.39, 0.29) is 24.6 Å². The number of hydrogen-bond acceptors (Lipinski definition) is 8. The lowest BCUT2D eigenvalue weighted by atomic mass is 9.92. The summed E-state index contributed by atoms with van der Waals surface area (Å²) >= 11 is 0. The molecule has 1 aromatic rings. The van der Waals surface area contributed by atoms with Crippen molar-refractivity contribution < 1.29 is 24.0 Å². The third-order valence-corrected chi connectivity index (χ3v) is 5.48. The highest BCUT2D eigenvalue weighted by atomic mass is 19.1. The summed E-state index contributed by atoms with van der Waals surface area (Å²) in [5.41, 5.74) is 5.03. The van der Waals surface area contributed by atoms with Gasteiger partial charge in [0.25, 0.3) is 0 Å². The Morgan fingerprint density at radius 2 is 2.17 bits per heavy atom. The zero-order valence-electron chi connectivity index (χ0n) is 17.1. The molecule has 0 bridgehead atoms. The van der Waals surface area contributed by atoms with E-state index < -0.39 is 17.6 Å². The van der Waals surface area contributed by atoms with E-state index in [1.165, 1.54) is 5.06 Å². The summed E-state index contributed by atoms with van der Waals surface area (Å²) < 4.78 is 14.9. The number of rotatable bonds is 10. The summed E-state index contributed by atoms with van der Waals surface area (Å²) in [4.78, 5) is 37.3. The van der Waals surface area contributed by atoms with Crippen LogP contribution in [-0.4, -0.2) is 52.3 Å². The summed E-state index contributed by atoms with van der Waals surface area (Å²) in [7, 11) is 0. The number of amides is 2. The van der Waals surface area contributed by atoms with E-state index >= 15 is 0 Å². The smallest absolute Gasteiger partial charge is 0.243 e. The second kappa shape index (κ2) is 10.5. The lowest BCUT2D eigenvalue weighted by Crippen LogP contribution is -2.41. The van der Waals surface area contributed by atoms with Crippen LogP contribution in [0.15, 0.2) is 0 Å². The summed E-state index contributed by atoms with van der Waals surface area (Å²) in [5.74, 6) is -1.16. The average molecular weight is 424 g/mol. The summed E-state index contributed by atoms with van der Waals surface area (Å²) in [6.45, 7) is 2.72. The van der Waals surface area contributed by atoms with E-state index in [9.17, 15) is 19.2 Å². The van der Waals surface area contributed by atoms with Gasteiger partial charge in [0.05, 0.1) is 19.1 Å². The predicted octanol–water partition coefficient (Wildman–Crippen LogP) is 1.81. The second-order valence-electron chi connectivity index (χ2n) is 7.69. The largest absolute Gasteiger partial charge is 0.286 e. The zero-order chi connectivity index (χ0) is 21.5. The number of hydrazine groups is 1. The summed E-state index contributed by atoms with van der Waals surface area (Å²) in [5, 5.41) is 11.4. The molecule has 2 amide bonds. The van der Waals surface area contributed by atoms with Crippen LogP contribution in [0.25, 0.3) is 0 Å². The Balaban J connectivity index is 1.70. The first-order chi connectivity index (χ1) is 14.5. The van der Waals surface area contributed by atoms with E-state index in [1.54, 1.807) is 0 Å². The number of carbonyl (C=O) groups excluding carboxylic acids is 2. The van der Waals surface area contributed by atoms with E-state index in [0.717, 1.165) is 32.1 Å². The molecular formula is C19H29FN6O4. The van der Waals surface area contributed by atoms with Crippen LogP contribution in [0.4, 0.5) is 16.0 Å². The highest BCUT2D eigenvalue weighted by Gasteiger charge is 2.28. The maximum atomic E-state index is 14.9. The number of halogens is 1. The molecule has 10 nitrogen and oxygen atoms in total. The molecule has 2 aliphatic rings. The first kappa shape index (κ1) is 22.2. The molecule has 1 atom stereocenters. The van der Waals surface area contributed by atoms with E-state index in [4.69, 9.17) is 4.84 Å². The Hall–Kier alpha value is -2.53. The van der Waals surface area contributed by atoms with Crippen molar-refractivity contribution in [2.45, 2.75) is 51.9 Å². The molecule has 1 aromatic heterocycles. The molecule has 166 valence electrons. The van der Waals surface area contributed by atoms with Gasteiger partial charge >= 0.3 is 0 Å². The third kappa shape index (κ3) is 5.54. The quantitative estimate of drug-likeness (QED) is 0.296. The first-order valence-electron chi connectivity index (χ1n) is 10.4. The maximum Gasteiger partial charge on any atom is 0.243 e. The van der Waals surface area contributed by atoms with Gasteiger partial charge in [-0.2, -0.15) is 4.39 Å². The van der Waals surface area contributed by atoms with Crippen molar-refractivity contribution in [1.82, 2.24) is 20.5 Å². The van der Waals surface area contributed by atoms with Gasteiger partial charge in [0.2, 0.25) is 18.1 Å². The predicted molar refractivity (Wildman–Crippen MR) is 106 cm³/mol. The lowest BCUT2D eigenvalue weighted by molar-refractivity contribution is -0.154. The van der Waals surface area contributed by atoms with Gasteiger partial charge < -0.3 is 0 Å². The highest BCUT2D eigenvalue weighted by molar-refractivity contribution is 5.80. The number of hydrogen-bond donors (Lipinski definition) is 3. The van der Waals surface area contributed by atoms with Gasteiger partial charge in [-0.05, 0) is 18.8 Å². The van der Waals surface area contributed by atoms with E-state index in [2.05, 4.69) is 20.8 Å². The SMILES string of the molecule is CCc1nc(NNC(=O)C(CC2CCCC2)CN(O)C=O)c(F)c(N2CCCO2)n1. The Morgan fingerprint density at radius 3 is 2.80 bits per heavy atom. The van der Waals surface area contributed by atoms with Gasteiger partial charge in [-0.25, -0.2) is 20.1 Å². The molecule has 1 aliphatic heterocycles. The molecule has 11 heteroatoms. The topological polar surface area (TPSA) is 120 Å². The molecule has 1 saturated heterocycles. The van der Waals surface area contributed by atoms with Crippen molar-refractivity contribution in [3.8, 4) is 0 Å². The molecule has 1 aliphatic carbocycles. The van der Waals surface area contributed by atoms with Crippen molar-refractivity contribution in [3.63, 3.8) is 0 Å². The van der Waals surface area contributed by atoms with Crippen molar-refractivity contribution in [2.75, 3.05) is 30.2 Å². The minimum Gasteiger partial charge on any atom is -0.286 e. The maximum absolute atomic E-state index is 14.9. The normalized spacial score (nSPS) is 17.8. The number of aromatic nitrogens is 2. The highest BCUT2D eigenvalue weighted by Crippen LogP contribution is 2.31. The van der Waals surface area contributed by atoms with Crippen LogP contribution in [0.3, 0.4) is 0 Å². The lowest BCUT2D eigenvalue weighted by Gasteiger charge is -2.23. The number of nitrogens with zero attached hydrogens (tertiary/aromatic N) is 4. The average Bonchev–Trinajstić information content (AvgIpc) is 3.46. The third-order valence-electron chi connectivity index (χ3n) is 5.48. The number of hydroxylamine groups is 3. The van der Waals surface area contributed by atoms with Crippen molar-refractivity contribution in [2.24, 2.45) is 11.8 Å². The van der Waals surface area contributed by atoms with E-state index in [1.807, 2.05) is 6.92 Å². The van der Waals surface area contributed by atoms with Crippen LogP contribution < -0.4 is 15.9 Å². The van der Waals surface area contributed by atoms with Crippen LogP contribution in [0.1, 0.15) is 51.3 Å². The second-order valence-corrected chi connectivity index (χ2v) is 7.69. The van der Waals surface area contributed by atoms with Gasteiger partial charge in [-0.15, -0.1) is 0 Å². The fourth-order valence-electron chi connectivity index (χ4n) is 3.91.